The molecule has 1 heterocycles. The zero-order valence-corrected chi connectivity index (χ0v) is 14.7. The van der Waals surface area contributed by atoms with Crippen molar-refractivity contribution in [3.05, 3.63) is 41.0 Å². The van der Waals surface area contributed by atoms with Crippen LogP contribution in [-0.4, -0.2) is 6.61 Å². The predicted octanol–water partition coefficient (Wildman–Crippen LogP) is 6.66. The van der Waals surface area contributed by atoms with Crippen LogP contribution in [-0.2, 0) is 6.42 Å². The molecule has 0 bridgehead atoms. The summed E-state index contributed by atoms with van der Waals surface area (Å²) in [7, 11) is 0. The topological polar surface area (TPSA) is 22.4 Å². The van der Waals surface area contributed by atoms with Crippen molar-refractivity contribution in [3.8, 4) is 5.75 Å². The Balaban J connectivity index is 2.14. The molecule has 0 aliphatic carbocycles. The van der Waals surface area contributed by atoms with Gasteiger partial charge in [0.2, 0.25) is 5.82 Å². The second-order valence-electron chi connectivity index (χ2n) is 6.32. The lowest BCUT2D eigenvalue weighted by atomic mass is 10.0. The summed E-state index contributed by atoms with van der Waals surface area (Å²) in [5.41, 5.74) is 0.0635. The molecule has 140 valence electrons. The van der Waals surface area contributed by atoms with E-state index in [4.69, 9.17) is 9.15 Å². The molecule has 0 aliphatic heterocycles. The molecule has 3 rings (SSSR count). The Hall–Kier alpha value is -2.24. The third-order valence-corrected chi connectivity index (χ3v) is 4.38. The highest BCUT2D eigenvalue weighted by molar-refractivity contribution is 6.06. The maximum Gasteiger partial charge on any atom is 0.201 e. The van der Waals surface area contributed by atoms with Gasteiger partial charge in [0.25, 0.3) is 0 Å². The van der Waals surface area contributed by atoms with Gasteiger partial charge in [-0.3, -0.25) is 0 Å². The zero-order valence-electron chi connectivity index (χ0n) is 14.7. The fraction of sp³-hybridized carbons (Fsp3) is 0.400. The lowest BCUT2D eigenvalue weighted by molar-refractivity contribution is 0.287. The number of hydrogen-bond acceptors (Lipinski definition) is 2. The minimum Gasteiger partial charge on any atom is -0.490 e. The molecule has 0 amide bonds. The summed E-state index contributed by atoms with van der Waals surface area (Å²) < 4.78 is 68.4. The number of unbranched alkanes of at least 4 members (excludes halogenated alkanes) is 2. The minimum absolute atomic E-state index is 0.0104. The van der Waals surface area contributed by atoms with Crippen molar-refractivity contribution in [3.63, 3.8) is 0 Å². The summed E-state index contributed by atoms with van der Waals surface area (Å²) in [5, 5.41) is -0.788. The molecule has 0 radical (unpaired) electrons. The highest BCUT2D eigenvalue weighted by atomic mass is 19.2. The molecule has 0 saturated heterocycles. The second-order valence-corrected chi connectivity index (χ2v) is 6.32. The minimum atomic E-state index is -1.30. The van der Waals surface area contributed by atoms with Crippen molar-refractivity contribution >= 4 is 21.9 Å². The molecule has 0 N–H and O–H groups in total. The molecule has 0 saturated carbocycles. The van der Waals surface area contributed by atoms with Gasteiger partial charge in [0, 0.05) is 6.07 Å². The van der Waals surface area contributed by atoms with Gasteiger partial charge in [-0.15, -0.1) is 0 Å². The summed E-state index contributed by atoms with van der Waals surface area (Å²) in [4.78, 5) is 0. The third-order valence-electron chi connectivity index (χ3n) is 4.38. The van der Waals surface area contributed by atoms with E-state index in [9.17, 15) is 17.6 Å². The van der Waals surface area contributed by atoms with Crippen LogP contribution in [0.15, 0.2) is 16.5 Å². The number of rotatable bonds is 7. The van der Waals surface area contributed by atoms with E-state index in [0.29, 0.717) is 19.3 Å². The van der Waals surface area contributed by atoms with Gasteiger partial charge >= 0.3 is 0 Å². The van der Waals surface area contributed by atoms with E-state index in [-0.39, 0.29) is 34.5 Å². The van der Waals surface area contributed by atoms with E-state index in [1.54, 1.807) is 0 Å². The van der Waals surface area contributed by atoms with E-state index >= 15 is 0 Å². The molecule has 0 spiro atoms. The molecule has 0 atom stereocenters. The van der Waals surface area contributed by atoms with Crippen LogP contribution in [0.5, 0.6) is 5.75 Å². The molecule has 0 fully saturated rings. The van der Waals surface area contributed by atoms with Gasteiger partial charge in [-0.05, 0) is 24.5 Å². The van der Waals surface area contributed by atoms with E-state index in [0.717, 1.165) is 12.8 Å². The van der Waals surface area contributed by atoms with Crippen LogP contribution < -0.4 is 4.74 Å². The Morgan fingerprint density at radius 2 is 1.46 bits per heavy atom. The number of hydrogen-bond donors (Lipinski definition) is 0. The van der Waals surface area contributed by atoms with Crippen molar-refractivity contribution in [1.29, 1.82) is 0 Å². The van der Waals surface area contributed by atoms with Crippen LogP contribution in [0, 0.1) is 23.3 Å². The maximum absolute atomic E-state index is 14.6. The molecule has 2 nitrogen and oxygen atoms in total. The van der Waals surface area contributed by atoms with Crippen LogP contribution in [0.4, 0.5) is 17.6 Å². The molecular formula is C20H20F4O2. The van der Waals surface area contributed by atoms with Crippen molar-refractivity contribution < 1.29 is 26.7 Å². The highest BCUT2D eigenvalue weighted by Crippen LogP contribution is 2.38. The Labute approximate surface area is 148 Å². The molecule has 26 heavy (non-hydrogen) atoms. The van der Waals surface area contributed by atoms with Gasteiger partial charge in [0.15, 0.2) is 23.2 Å². The van der Waals surface area contributed by atoms with Gasteiger partial charge in [0.05, 0.1) is 17.4 Å². The summed E-state index contributed by atoms with van der Waals surface area (Å²) in [6, 6.07) is 2.53. The summed E-state index contributed by atoms with van der Waals surface area (Å²) in [5.74, 6) is -5.09. The monoisotopic (exact) mass is 368 g/mol. The number of fused-ring (bicyclic) bond motifs is 3. The Morgan fingerprint density at radius 3 is 2.12 bits per heavy atom. The van der Waals surface area contributed by atoms with Gasteiger partial charge < -0.3 is 9.15 Å². The van der Waals surface area contributed by atoms with Gasteiger partial charge in [0.1, 0.15) is 11.2 Å². The number of ether oxygens (including phenoxy) is 1. The van der Waals surface area contributed by atoms with Gasteiger partial charge in [-0.1, -0.05) is 33.1 Å². The quantitative estimate of drug-likeness (QED) is 0.343. The van der Waals surface area contributed by atoms with Crippen molar-refractivity contribution in [2.24, 2.45) is 0 Å². The molecule has 0 aliphatic rings. The molecule has 0 unspecified atom stereocenters. The Morgan fingerprint density at radius 1 is 0.808 bits per heavy atom. The maximum atomic E-state index is 14.6. The first-order valence-electron chi connectivity index (χ1n) is 8.83. The van der Waals surface area contributed by atoms with Gasteiger partial charge in [-0.25, -0.2) is 13.2 Å². The lowest BCUT2D eigenvalue weighted by Gasteiger charge is -2.08. The molecule has 3 aromatic rings. The van der Waals surface area contributed by atoms with Gasteiger partial charge in [-0.2, -0.15) is 4.39 Å². The largest absolute Gasteiger partial charge is 0.490 e. The first kappa shape index (κ1) is 18.5. The number of furan rings is 1. The first-order valence-corrected chi connectivity index (χ1v) is 8.83. The second kappa shape index (κ2) is 7.56. The smallest absolute Gasteiger partial charge is 0.201 e. The van der Waals surface area contributed by atoms with Crippen LogP contribution >= 0.6 is 0 Å². The zero-order chi connectivity index (χ0) is 18.8. The van der Waals surface area contributed by atoms with Crippen molar-refractivity contribution in [2.45, 2.75) is 46.0 Å². The van der Waals surface area contributed by atoms with Crippen LogP contribution in [0.3, 0.4) is 0 Å². The predicted molar refractivity (Wildman–Crippen MR) is 92.6 cm³/mol. The van der Waals surface area contributed by atoms with E-state index in [1.807, 2.05) is 13.8 Å². The highest BCUT2D eigenvalue weighted by Gasteiger charge is 2.25. The van der Waals surface area contributed by atoms with Crippen molar-refractivity contribution in [1.82, 2.24) is 0 Å². The van der Waals surface area contributed by atoms with Crippen LogP contribution in [0.2, 0.25) is 0 Å². The Bertz CT molecular complexity index is 947. The van der Waals surface area contributed by atoms with Crippen LogP contribution in [0.1, 0.15) is 45.1 Å². The average Bonchev–Trinajstić information content (AvgIpc) is 2.99. The third kappa shape index (κ3) is 3.13. The molecule has 2 aromatic carbocycles. The summed E-state index contributed by atoms with van der Waals surface area (Å²) in [6.45, 7) is 4.08. The molecule has 6 heteroatoms. The van der Waals surface area contributed by atoms with E-state index < -0.39 is 28.7 Å². The van der Waals surface area contributed by atoms with E-state index in [2.05, 4.69) is 0 Å². The fourth-order valence-corrected chi connectivity index (χ4v) is 3.07. The van der Waals surface area contributed by atoms with E-state index in [1.165, 1.54) is 12.1 Å². The molecule has 1 aromatic heterocycles. The van der Waals surface area contributed by atoms with Crippen molar-refractivity contribution in [2.75, 3.05) is 6.61 Å². The average molecular weight is 368 g/mol. The lowest BCUT2D eigenvalue weighted by Crippen LogP contribution is -2.01. The number of aryl methyl sites for hydroxylation is 1. The summed E-state index contributed by atoms with van der Waals surface area (Å²) in [6.07, 6.45) is 3.50. The molecular weight excluding hydrogens is 348 g/mol. The number of halogens is 4. The van der Waals surface area contributed by atoms with Crippen LogP contribution in [0.25, 0.3) is 21.9 Å². The summed E-state index contributed by atoms with van der Waals surface area (Å²) >= 11 is 0. The Kier molecular flexibility index (Phi) is 5.39. The normalized spacial score (nSPS) is 11.6. The number of benzene rings is 2. The standard InChI is InChI=1S/C20H20F4O2/c1-3-5-6-8-25-14-10-13-16(20(24)18(14)22)15-12(26-13)9-11(7-4-2)17(21)19(15)23/h9-10H,3-8H2,1-2H3. The fourth-order valence-electron chi connectivity index (χ4n) is 3.07. The SMILES string of the molecule is CCCCCOc1cc2oc3cc(CCC)c(F)c(F)c3c2c(F)c1F. The first-order chi connectivity index (χ1) is 12.5.